The summed E-state index contributed by atoms with van der Waals surface area (Å²) in [7, 11) is 0. The van der Waals surface area contributed by atoms with E-state index in [0.29, 0.717) is 24.3 Å². The number of benzene rings is 1. The number of urea groups is 1. The second kappa shape index (κ2) is 7.35. The minimum Gasteiger partial charge on any atom is -0.481 e. The largest absolute Gasteiger partial charge is 0.481 e. The molecule has 1 saturated heterocycles. The van der Waals surface area contributed by atoms with Crippen LogP contribution < -0.4 is 10.6 Å². The summed E-state index contributed by atoms with van der Waals surface area (Å²) in [5.74, 6) is -1.14. The van der Waals surface area contributed by atoms with Gasteiger partial charge in [0.1, 0.15) is 0 Å². The molecule has 0 spiro atoms. The fourth-order valence-electron chi connectivity index (χ4n) is 3.31. The smallest absolute Gasteiger partial charge is 0.321 e. The van der Waals surface area contributed by atoms with Crippen LogP contribution in [0.15, 0.2) is 18.2 Å². The Kier molecular flexibility index (Phi) is 5.15. The van der Waals surface area contributed by atoms with Gasteiger partial charge in [-0.2, -0.15) is 0 Å². The molecule has 7 nitrogen and oxygen atoms in total. The van der Waals surface area contributed by atoms with Crippen LogP contribution in [0.2, 0.25) is 0 Å². The van der Waals surface area contributed by atoms with Crippen LogP contribution in [-0.2, 0) is 9.59 Å². The van der Waals surface area contributed by atoms with Crippen LogP contribution in [0.5, 0.6) is 0 Å². The summed E-state index contributed by atoms with van der Waals surface area (Å²) in [5, 5.41) is 15.0. The SMILES string of the molecule is Cc1ccc(NC(=O)C2CC2)cc1NC(=O)N1CC(C)CC(C(=O)O)C1. The highest BCUT2D eigenvalue weighted by Gasteiger charge is 2.32. The number of hydrogen-bond acceptors (Lipinski definition) is 3. The molecule has 26 heavy (non-hydrogen) atoms. The van der Waals surface area contributed by atoms with Crippen molar-refractivity contribution >= 4 is 29.3 Å². The third-order valence-corrected chi connectivity index (χ3v) is 4.99. The van der Waals surface area contributed by atoms with Crippen molar-refractivity contribution in [1.29, 1.82) is 0 Å². The molecule has 0 radical (unpaired) electrons. The summed E-state index contributed by atoms with van der Waals surface area (Å²) in [5.41, 5.74) is 2.15. The highest BCUT2D eigenvalue weighted by molar-refractivity contribution is 5.96. The van der Waals surface area contributed by atoms with Crippen molar-refractivity contribution in [3.63, 3.8) is 0 Å². The van der Waals surface area contributed by atoms with Gasteiger partial charge in [-0.25, -0.2) is 4.79 Å². The number of carboxylic acid groups (broad SMARTS) is 1. The monoisotopic (exact) mass is 359 g/mol. The first kappa shape index (κ1) is 18.2. The van der Waals surface area contributed by atoms with Gasteiger partial charge in [-0.15, -0.1) is 0 Å². The molecular formula is C19H25N3O4. The summed E-state index contributed by atoms with van der Waals surface area (Å²) in [6.45, 7) is 4.57. The van der Waals surface area contributed by atoms with Gasteiger partial charge in [-0.05, 0) is 49.8 Å². The maximum Gasteiger partial charge on any atom is 0.321 e. The molecule has 1 heterocycles. The van der Waals surface area contributed by atoms with Crippen LogP contribution in [0, 0.1) is 24.7 Å². The number of anilines is 2. The fraction of sp³-hybridized carbons (Fsp3) is 0.526. The first-order chi connectivity index (χ1) is 12.3. The number of aliphatic carboxylic acids is 1. The number of carboxylic acids is 1. The van der Waals surface area contributed by atoms with E-state index in [0.717, 1.165) is 18.4 Å². The number of carbonyl (C=O) groups is 3. The number of nitrogens with zero attached hydrogens (tertiary/aromatic N) is 1. The number of piperidine rings is 1. The molecule has 2 atom stereocenters. The summed E-state index contributed by atoms with van der Waals surface area (Å²) in [6.07, 6.45) is 2.44. The van der Waals surface area contributed by atoms with Crippen LogP contribution in [0.25, 0.3) is 0 Å². The highest BCUT2D eigenvalue weighted by atomic mass is 16.4. The van der Waals surface area contributed by atoms with Gasteiger partial charge in [-0.1, -0.05) is 13.0 Å². The van der Waals surface area contributed by atoms with Crippen LogP contribution in [0.3, 0.4) is 0 Å². The molecule has 1 aliphatic heterocycles. The molecule has 3 rings (SSSR count). The lowest BCUT2D eigenvalue weighted by Crippen LogP contribution is -2.47. The molecular weight excluding hydrogens is 334 g/mol. The van der Waals surface area contributed by atoms with Crippen molar-refractivity contribution < 1.29 is 19.5 Å². The summed E-state index contributed by atoms with van der Waals surface area (Å²) in [4.78, 5) is 37.4. The van der Waals surface area contributed by atoms with Gasteiger partial charge in [0, 0.05) is 30.4 Å². The van der Waals surface area contributed by atoms with Gasteiger partial charge in [0.05, 0.1) is 5.92 Å². The van der Waals surface area contributed by atoms with Gasteiger partial charge in [-0.3, -0.25) is 9.59 Å². The topological polar surface area (TPSA) is 98.7 Å². The normalized spacial score (nSPS) is 22.6. The van der Waals surface area contributed by atoms with Gasteiger partial charge in [0.2, 0.25) is 5.91 Å². The van der Waals surface area contributed by atoms with E-state index in [-0.39, 0.29) is 30.3 Å². The van der Waals surface area contributed by atoms with Crippen molar-refractivity contribution in [2.75, 3.05) is 23.7 Å². The Morgan fingerprint density at radius 3 is 2.50 bits per heavy atom. The van der Waals surface area contributed by atoms with E-state index in [1.54, 1.807) is 11.0 Å². The molecule has 1 aromatic rings. The quantitative estimate of drug-likeness (QED) is 0.770. The Hall–Kier alpha value is -2.57. The van der Waals surface area contributed by atoms with E-state index in [1.165, 1.54) is 0 Å². The molecule has 1 aliphatic carbocycles. The lowest BCUT2D eigenvalue weighted by molar-refractivity contribution is -0.143. The second-order valence-electron chi connectivity index (χ2n) is 7.50. The second-order valence-corrected chi connectivity index (χ2v) is 7.50. The average molecular weight is 359 g/mol. The number of nitrogens with one attached hydrogen (secondary N) is 2. The molecule has 3 N–H and O–H groups in total. The molecule has 2 unspecified atom stereocenters. The predicted octanol–water partition coefficient (Wildman–Crippen LogP) is 2.92. The number of likely N-dealkylation sites (tertiary alicyclic amines) is 1. The molecule has 7 heteroatoms. The average Bonchev–Trinajstić information content (AvgIpc) is 3.42. The van der Waals surface area contributed by atoms with Gasteiger partial charge < -0.3 is 20.6 Å². The maximum absolute atomic E-state index is 12.6. The molecule has 0 bridgehead atoms. The van der Waals surface area contributed by atoms with E-state index < -0.39 is 11.9 Å². The zero-order valence-electron chi connectivity index (χ0n) is 15.1. The van der Waals surface area contributed by atoms with Crippen LogP contribution in [0.1, 0.15) is 31.7 Å². The minimum atomic E-state index is -0.865. The molecule has 3 amide bonds. The first-order valence-corrected chi connectivity index (χ1v) is 9.03. The van der Waals surface area contributed by atoms with Crippen molar-refractivity contribution in [2.24, 2.45) is 17.8 Å². The summed E-state index contributed by atoms with van der Waals surface area (Å²) in [6, 6.07) is 5.10. The van der Waals surface area contributed by atoms with E-state index in [2.05, 4.69) is 10.6 Å². The standard InChI is InChI=1S/C19H25N3O4/c1-11-7-14(18(24)25)10-22(9-11)19(26)21-16-8-15(6-3-12(16)2)20-17(23)13-4-5-13/h3,6,8,11,13-14H,4-5,7,9-10H2,1-2H3,(H,20,23)(H,21,26)(H,24,25). The van der Waals surface area contributed by atoms with Gasteiger partial charge in [0.15, 0.2) is 0 Å². The first-order valence-electron chi connectivity index (χ1n) is 9.03. The van der Waals surface area contributed by atoms with Crippen molar-refractivity contribution in [2.45, 2.75) is 33.1 Å². The number of rotatable bonds is 4. The Morgan fingerprint density at radius 1 is 1.12 bits per heavy atom. The number of carbonyl (C=O) groups excluding carboxylic acids is 2. The third kappa shape index (κ3) is 4.33. The van der Waals surface area contributed by atoms with E-state index >= 15 is 0 Å². The number of amides is 3. The van der Waals surface area contributed by atoms with Crippen LogP contribution in [0.4, 0.5) is 16.2 Å². The molecule has 1 aromatic carbocycles. The molecule has 2 fully saturated rings. The van der Waals surface area contributed by atoms with E-state index in [9.17, 15) is 19.5 Å². The Balaban J connectivity index is 1.67. The molecule has 0 aromatic heterocycles. The van der Waals surface area contributed by atoms with E-state index in [4.69, 9.17) is 0 Å². The Bertz CT molecular complexity index is 729. The fourth-order valence-corrected chi connectivity index (χ4v) is 3.31. The number of aryl methyl sites for hydroxylation is 1. The number of hydrogen-bond donors (Lipinski definition) is 3. The van der Waals surface area contributed by atoms with Crippen molar-refractivity contribution in [3.8, 4) is 0 Å². The predicted molar refractivity (Wildman–Crippen MR) is 98.0 cm³/mol. The third-order valence-electron chi connectivity index (χ3n) is 4.99. The van der Waals surface area contributed by atoms with Crippen molar-refractivity contribution in [3.05, 3.63) is 23.8 Å². The molecule has 1 saturated carbocycles. The lowest BCUT2D eigenvalue weighted by Gasteiger charge is -2.34. The maximum atomic E-state index is 12.6. The zero-order valence-corrected chi connectivity index (χ0v) is 15.1. The summed E-state index contributed by atoms with van der Waals surface area (Å²) >= 11 is 0. The van der Waals surface area contributed by atoms with Crippen LogP contribution in [-0.4, -0.2) is 41.0 Å². The van der Waals surface area contributed by atoms with Gasteiger partial charge in [0.25, 0.3) is 0 Å². The van der Waals surface area contributed by atoms with Crippen molar-refractivity contribution in [1.82, 2.24) is 4.90 Å². The van der Waals surface area contributed by atoms with Gasteiger partial charge >= 0.3 is 12.0 Å². The summed E-state index contributed by atoms with van der Waals surface area (Å²) < 4.78 is 0. The minimum absolute atomic E-state index is 0.0142. The Morgan fingerprint density at radius 2 is 1.85 bits per heavy atom. The Labute approximate surface area is 152 Å². The molecule has 140 valence electrons. The van der Waals surface area contributed by atoms with Crippen LogP contribution >= 0.6 is 0 Å². The lowest BCUT2D eigenvalue weighted by atomic mass is 9.91. The van der Waals surface area contributed by atoms with E-state index in [1.807, 2.05) is 26.0 Å². The zero-order chi connectivity index (χ0) is 18.8. The molecule has 2 aliphatic rings. The highest BCUT2D eigenvalue weighted by Crippen LogP contribution is 2.31.